The fraction of sp³-hybridized carbons (Fsp3) is 0.235. The van der Waals surface area contributed by atoms with E-state index in [0.29, 0.717) is 17.2 Å². The van der Waals surface area contributed by atoms with Crippen LogP contribution < -0.4 is 0 Å². The molecule has 126 valence electrons. The maximum atomic E-state index is 12.9. The summed E-state index contributed by atoms with van der Waals surface area (Å²) in [6.45, 7) is 3.97. The van der Waals surface area contributed by atoms with Crippen LogP contribution in [-0.2, 0) is 16.6 Å². The Balaban J connectivity index is 1.91. The number of aromatic nitrogens is 1. The molecule has 0 saturated heterocycles. The number of benzene rings is 1. The molecule has 0 bridgehead atoms. The Kier molecular flexibility index (Phi) is 4.58. The van der Waals surface area contributed by atoms with E-state index in [-0.39, 0.29) is 0 Å². The van der Waals surface area contributed by atoms with Crippen LogP contribution in [0.2, 0.25) is 0 Å². The molecular weight excluding hydrogens is 344 g/mol. The fourth-order valence-electron chi connectivity index (χ4n) is 2.42. The van der Waals surface area contributed by atoms with Gasteiger partial charge in [0.05, 0.1) is 15.5 Å². The first-order valence-corrected chi connectivity index (χ1v) is 9.68. The van der Waals surface area contributed by atoms with Gasteiger partial charge < -0.3 is 4.52 Å². The van der Waals surface area contributed by atoms with E-state index >= 15 is 0 Å². The summed E-state index contributed by atoms with van der Waals surface area (Å²) in [6.07, 6.45) is 0. The monoisotopic (exact) mass is 362 g/mol. The third kappa shape index (κ3) is 3.28. The molecule has 2 heterocycles. The summed E-state index contributed by atoms with van der Waals surface area (Å²) in [5.41, 5.74) is 1.71. The molecule has 0 amide bonds. The standard InChI is InChI=1S/C17H18N2O3S2/c1-12-9-15(22-18-12)16-10-17(13(2)23-16)24(20,21)19(3)11-14-7-5-4-6-8-14/h4-10H,11H2,1-3H3. The third-order valence-electron chi connectivity index (χ3n) is 3.68. The van der Waals surface area contributed by atoms with Crippen LogP contribution in [0, 0.1) is 13.8 Å². The highest BCUT2D eigenvalue weighted by atomic mass is 32.2. The summed E-state index contributed by atoms with van der Waals surface area (Å²) in [5, 5.41) is 3.86. The minimum Gasteiger partial charge on any atom is -0.355 e. The van der Waals surface area contributed by atoms with E-state index in [0.717, 1.165) is 21.0 Å². The van der Waals surface area contributed by atoms with Crippen LogP contribution in [-0.4, -0.2) is 24.9 Å². The Morgan fingerprint density at radius 3 is 2.50 bits per heavy atom. The van der Waals surface area contributed by atoms with Gasteiger partial charge in [0.15, 0.2) is 5.76 Å². The summed E-state index contributed by atoms with van der Waals surface area (Å²) in [5.74, 6) is 0.591. The van der Waals surface area contributed by atoms with Gasteiger partial charge in [-0.15, -0.1) is 11.3 Å². The number of rotatable bonds is 5. The van der Waals surface area contributed by atoms with Crippen molar-refractivity contribution in [3.8, 4) is 10.6 Å². The summed E-state index contributed by atoms with van der Waals surface area (Å²) in [4.78, 5) is 1.81. The van der Waals surface area contributed by atoms with Crippen molar-refractivity contribution in [2.75, 3.05) is 7.05 Å². The molecular formula is C17H18N2O3S2. The van der Waals surface area contributed by atoms with Gasteiger partial charge in [-0.2, -0.15) is 4.31 Å². The fourth-order valence-corrected chi connectivity index (χ4v) is 5.08. The molecule has 3 aromatic rings. The second kappa shape index (κ2) is 6.51. The quantitative estimate of drug-likeness (QED) is 0.692. The van der Waals surface area contributed by atoms with Gasteiger partial charge in [0.2, 0.25) is 10.0 Å². The van der Waals surface area contributed by atoms with Gasteiger partial charge in [-0.3, -0.25) is 0 Å². The Labute approximate surface area is 145 Å². The van der Waals surface area contributed by atoms with Crippen molar-refractivity contribution < 1.29 is 12.9 Å². The molecule has 24 heavy (non-hydrogen) atoms. The maximum Gasteiger partial charge on any atom is 0.244 e. The SMILES string of the molecule is Cc1cc(-c2cc(S(=O)(=O)N(C)Cc3ccccc3)c(C)s2)on1. The van der Waals surface area contributed by atoms with Gasteiger partial charge in [-0.1, -0.05) is 35.5 Å². The topological polar surface area (TPSA) is 63.4 Å². The lowest BCUT2D eigenvalue weighted by atomic mass is 10.2. The molecule has 0 unspecified atom stereocenters. The largest absolute Gasteiger partial charge is 0.355 e. The van der Waals surface area contributed by atoms with Crippen molar-refractivity contribution in [1.29, 1.82) is 0 Å². The van der Waals surface area contributed by atoms with Crippen LogP contribution >= 0.6 is 11.3 Å². The zero-order chi connectivity index (χ0) is 17.3. The molecule has 2 aromatic heterocycles. The summed E-state index contributed by atoms with van der Waals surface area (Å²) in [7, 11) is -1.97. The van der Waals surface area contributed by atoms with Gasteiger partial charge in [0.1, 0.15) is 0 Å². The molecule has 0 aliphatic carbocycles. The predicted molar refractivity (Wildman–Crippen MR) is 94.4 cm³/mol. The number of aryl methyl sites for hydroxylation is 2. The second-order valence-corrected chi connectivity index (χ2v) is 8.88. The zero-order valence-electron chi connectivity index (χ0n) is 13.7. The number of sulfonamides is 1. The molecule has 0 saturated carbocycles. The first-order valence-electron chi connectivity index (χ1n) is 7.42. The average molecular weight is 362 g/mol. The van der Waals surface area contributed by atoms with E-state index < -0.39 is 10.0 Å². The van der Waals surface area contributed by atoms with Gasteiger partial charge in [0, 0.05) is 24.5 Å². The molecule has 0 N–H and O–H groups in total. The van der Waals surface area contributed by atoms with E-state index in [9.17, 15) is 8.42 Å². The lowest BCUT2D eigenvalue weighted by molar-refractivity contribution is 0.428. The molecule has 0 fully saturated rings. The molecule has 5 nitrogen and oxygen atoms in total. The van der Waals surface area contributed by atoms with Crippen molar-refractivity contribution in [2.45, 2.75) is 25.3 Å². The second-order valence-electron chi connectivity index (χ2n) is 5.61. The highest BCUT2D eigenvalue weighted by molar-refractivity contribution is 7.89. The van der Waals surface area contributed by atoms with Crippen molar-refractivity contribution in [3.05, 3.63) is 58.6 Å². The van der Waals surface area contributed by atoms with Crippen LogP contribution in [0.4, 0.5) is 0 Å². The van der Waals surface area contributed by atoms with E-state index in [1.54, 1.807) is 26.1 Å². The molecule has 1 aromatic carbocycles. The minimum atomic E-state index is -3.57. The van der Waals surface area contributed by atoms with Crippen LogP contribution in [0.3, 0.4) is 0 Å². The molecule has 3 rings (SSSR count). The lowest BCUT2D eigenvalue weighted by Gasteiger charge is -2.17. The first kappa shape index (κ1) is 16.9. The lowest BCUT2D eigenvalue weighted by Crippen LogP contribution is -2.26. The minimum absolute atomic E-state index is 0.315. The molecule has 0 aliphatic rings. The molecule has 7 heteroatoms. The van der Waals surface area contributed by atoms with Crippen LogP contribution in [0.15, 0.2) is 51.9 Å². The summed E-state index contributed by atoms with van der Waals surface area (Å²) in [6, 6.07) is 13.0. The number of thiophene rings is 1. The smallest absolute Gasteiger partial charge is 0.244 e. The van der Waals surface area contributed by atoms with Crippen molar-refractivity contribution >= 4 is 21.4 Å². The molecule has 0 atom stereocenters. The van der Waals surface area contributed by atoms with E-state index in [2.05, 4.69) is 5.16 Å². The molecule has 0 radical (unpaired) electrons. The van der Waals surface area contributed by atoms with Crippen LogP contribution in [0.1, 0.15) is 16.1 Å². The molecule has 0 spiro atoms. The maximum absolute atomic E-state index is 12.9. The van der Waals surface area contributed by atoms with Crippen LogP contribution in [0.5, 0.6) is 0 Å². The van der Waals surface area contributed by atoms with Gasteiger partial charge >= 0.3 is 0 Å². The Morgan fingerprint density at radius 1 is 1.17 bits per heavy atom. The van der Waals surface area contributed by atoms with Gasteiger partial charge in [-0.05, 0) is 25.5 Å². The highest BCUT2D eigenvalue weighted by Gasteiger charge is 2.26. The normalized spacial score (nSPS) is 12.0. The van der Waals surface area contributed by atoms with E-state index in [4.69, 9.17) is 4.52 Å². The average Bonchev–Trinajstić information content (AvgIpc) is 3.14. The predicted octanol–water partition coefficient (Wildman–Crippen LogP) is 3.84. The number of hydrogen-bond acceptors (Lipinski definition) is 5. The van der Waals surface area contributed by atoms with Crippen molar-refractivity contribution in [3.63, 3.8) is 0 Å². The zero-order valence-corrected chi connectivity index (χ0v) is 15.3. The summed E-state index contributed by atoms with van der Waals surface area (Å²) >= 11 is 1.39. The van der Waals surface area contributed by atoms with Crippen molar-refractivity contribution in [1.82, 2.24) is 9.46 Å². The number of nitrogens with zero attached hydrogens (tertiary/aromatic N) is 2. The summed E-state index contributed by atoms with van der Waals surface area (Å²) < 4.78 is 32.4. The Morgan fingerprint density at radius 2 is 1.88 bits per heavy atom. The van der Waals surface area contributed by atoms with Gasteiger partial charge in [-0.25, -0.2) is 8.42 Å². The van der Waals surface area contributed by atoms with Gasteiger partial charge in [0.25, 0.3) is 0 Å². The third-order valence-corrected chi connectivity index (χ3v) is 6.80. The Bertz CT molecular complexity index is 943. The molecule has 0 aliphatic heterocycles. The highest BCUT2D eigenvalue weighted by Crippen LogP contribution is 2.35. The van der Waals surface area contributed by atoms with E-state index in [1.165, 1.54) is 15.6 Å². The van der Waals surface area contributed by atoms with Crippen LogP contribution in [0.25, 0.3) is 10.6 Å². The first-order chi connectivity index (χ1) is 11.4. The van der Waals surface area contributed by atoms with Crippen molar-refractivity contribution in [2.24, 2.45) is 0 Å². The van der Waals surface area contributed by atoms with E-state index in [1.807, 2.05) is 37.3 Å². The number of hydrogen-bond donors (Lipinski definition) is 0. The Hall–Kier alpha value is -1.96.